The van der Waals surface area contributed by atoms with Crippen molar-refractivity contribution in [2.75, 3.05) is 0 Å². The van der Waals surface area contributed by atoms with Crippen LogP contribution in [0.25, 0.3) is 0 Å². The molecule has 0 amide bonds. The molecule has 0 bridgehead atoms. The van der Waals surface area contributed by atoms with Crippen LogP contribution in [0, 0.1) is 0 Å². The molecule has 0 spiro atoms. The Balaban J connectivity index is 2.05. The van der Waals surface area contributed by atoms with Crippen LogP contribution in [0.1, 0.15) is 63.7 Å². The number of nitrogens with zero attached hydrogens (tertiary/aromatic N) is 1. The van der Waals surface area contributed by atoms with Crippen molar-refractivity contribution in [3.63, 3.8) is 0 Å². The SMILES string of the molecule is CCC(N)C(OC1CCCCCC1)c1ccccn1. The number of pyridine rings is 1. The highest BCUT2D eigenvalue weighted by atomic mass is 16.5. The maximum absolute atomic E-state index is 6.32. The Bertz CT molecular complexity index is 347. The smallest absolute Gasteiger partial charge is 0.115 e. The van der Waals surface area contributed by atoms with Crippen LogP contribution in [0.15, 0.2) is 24.4 Å². The molecule has 1 aromatic heterocycles. The van der Waals surface area contributed by atoms with Gasteiger partial charge in [-0.1, -0.05) is 38.7 Å². The highest BCUT2D eigenvalue weighted by molar-refractivity contribution is 5.09. The molecule has 2 unspecified atom stereocenters. The van der Waals surface area contributed by atoms with Crippen molar-refractivity contribution >= 4 is 0 Å². The van der Waals surface area contributed by atoms with E-state index in [1.165, 1.54) is 38.5 Å². The fraction of sp³-hybridized carbons (Fsp3) is 0.688. The van der Waals surface area contributed by atoms with Gasteiger partial charge in [-0.3, -0.25) is 4.98 Å². The van der Waals surface area contributed by atoms with E-state index < -0.39 is 0 Å². The highest BCUT2D eigenvalue weighted by Crippen LogP contribution is 2.27. The molecule has 1 aliphatic rings. The van der Waals surface area contributed by atoms with E-state index in [4.69, 9.17) is 10.5 Å². The largest absolute Gasteiger partial charge is 0.367 e. The first kappa shape index (κ1) is 14.5. The van der Waals surface area contributed by atoms with Crippen molar-refractivity contribution in [3.05, 3.63) is 30.1 Å². The summed E-state index contributed by atoms with van der Waals surface area (Å²) in [6.45, 7) is 2.11. The lowest BCUT2D eigenvalue weighted by atomic mass is 10.0. The summed E-state index contributed by atoms with van der Waals surface area (Å²) in [5.74, 6) is 0. The van der Waals surface area contributed by atoms with Gasteiger partial charge in [0.25, 0.3) is 0 Å². The number of ether oxygens (including phenoxy) is 1. The van der Waals surface area contributed by atoms with Gasteiger partial charge < -0.3 is 10.5 Å². The molecule has 0 saturated heterocycles. The van der Waals surface area contributed by atoms with E-state index >= 15 is 0 Å². The predicted molar refractivity (Wildman–Crippen MR) is 77.8 cm³/mol. The Morgan fingerprint density at radius 3 is 2.58 bits per heavy atom. The van der Waals surface area contributed by atoms with Crippen molar-refractivity contribution in [1.82, 2.24) is 4.98 Å². The third kappa shape index (κ3) is 4.29. The number of aromatic nitrogens is 1. The minimum Gasteiger partial charge on any atom is -0.367 e. The monoisotopic (exact) mass is 262 g/mol. The second-order valence-corrected chi connectivity index (χ2v) is 5.50. The van der Waals surface area contributed by atoms with Crippen molar-refractivity contribution in [2.24, 2.45) is 5.73 Å². The average molecular weight is 262 g/mol. The second-order valence-electron chi connectivity index (χ2n) is 5.50. The number of nitrogens with two attached hydrogens (primary N) is 1. The standard InChI is InChI=1S/C16H26N2O/c1-2-14(17)16(15-11-7-8-12-18-15)19-13-9-5-3-4-6-10-13/h7-8,11-14,16H,2-6,9-10,17H2,1H3. The Kier molecular flexibility index (Phi) is 5.80. The summed E-state index contributed by atoms with van der Waals surface area (Å²) >= 11 is 0. The lowest BCUT2D eigenvalue weighted by Gasteiger charge is -2.27. The minimum absolute atomic E-state index is 0.0261. The zero-order valence-electron chi connectivity index (χ0n) is 11.9. The molecule has 2 rings (SSSR count). The van der Waals surface area contributed by atoms with Gasteiger partial charge in [-0.2, -0.15) is 0 Å². The van der Waals surface area contributed by atoms with E-state index in [0.29, 0.717) is 6.10 Å². The van der Waals surface area contributed by atoms with Crippen LogP contribution < -0.4 is 5.73 Å². The van der Waals surface area contributed by atoms with E-state index in [-0.39, 0.29) is 12.1 Å². The van der Waals surface area contributed by atoms with Crippen LogP contribution in [0.4, 0.5) is 0 Å². The Morgan fingerprint density at radius 1 is 1.26 bits per heavy atom. The van der Waals surface area contributed by atoms with E-state index in [9.17, 15) is 0 Å². The third-order valence-corrected chi connectivity index (χ3v) is 3.98. The topological polar surface area (TPSA) is 48.1 Å². The highest BCUT2D eigenvalue weighted by Gasteiger charge is 2.25. The van der Waals surface area contributed by atoms with Gasteiger partial charge in [-0.15, -0.1) is 0 Å². The van der Waals surface area contributed by atoms with Crippen LogP contribution in [0.3, 0.4) is 0 Å². The fourth-order valence-corrected chi connectivity index (χ4v) is 2.73. The lowest BCUT2D eigenvalue weighted by molar-refractivity contribution is -0.0362. The van der Waals surface area contributed by atoms with E-state index in [1.807, 2.05) is 24.4 Å². The molecule has 106 valence electrons. The van der Waals surface area contributed by atoms with Crippen molar-refractivity contribution in [1.29, 1.82) is 0 Å². The summed E-state index contributed by atoms with van der Waals surface area (Å²) in [6.07, 6.45) is 10.6. The van der Waals surface area contributed by atoms with Gasteiger partial charge >= 0.3 is 0 Å². The molecule has 1 heterocycles. The molecule has 1 aliphatic carbocycles. The van der Waals surface area contributed by atoms with E-state index in [0.717, 1.165) is 12.1 Å². The molecular formula is C16H26N2O. The molecule has 1 saturated carbocycles. The van der Waals surface area contributed by atoms with Crippen LogP contribution >= 0.6 is 0 Å². The zero-order chi connectivity index (χ0) is 13.5. The molecule has 2 atom stereocenters. The molecule has 3 nitrogen and oxygen atoms in total. The number of hydrogen-bond donors (Lipinski definition) is 1. The molecule has 0 radical (unpaired) electrons. The Labute approximate surface area is 116 Å². The van der Waals surface area contributed by atoms with Crippen LogP contribution in [-0.4, -0.2) is 17.1 Å². The second kappa shape index (κ2) is 7.61. The maximum atomic E-state index is 6.32. The molecular weight excluding hydrogens is 236 g/mol. The van der Waals surface area contributed by atoms with Crippen molar-refractivity contribution in [2.45, 2.75) is 70.1 Å². The van der Waals surface area contributed by atoms with Crippen LogP contribution in [-0.2, 0) is 4.74 Å². The average Bonchev–Trinajstić information content (AvgIpc) is 2.73. The molecule has 2 N–H and O–H groups in total. The van der Waals surface area contributed by atoms with Crippen LogP contribution in [0.2, 0.25) is 0 Å². The first-order valence-corrected chi connectivity index (χ1v) is 7.63. The van der Waals surface area contributed by atoms with Crippen molar-refractivity contribution in [3.8, 4) is 0 Å². The van der Waals surface area contributed by atoms with Gasteiger partial charge in [0.05, 0.1) is 11.8 Å². The van der Waals surface area contributed by atoms with Gasteiger partial charge in [0, 0.05) is 12.2 Å². The summed E-state index contributed by atoms with van der Waals surface area (Å²) in [7, 11) is 0. The summed E-state index contributed by atoms with van der Waals surface area (Å²) in [5.41, 5.74) is 7.21. The zero-order valence-corrected chi connectivity index (χ0v) is 11.9. The third-order valence-electron chi connectivity index (χ3n) is 3.98. The quantitative estimate of drug-likeness (QED) is 0.825. The molecule has 3 heteroatoms. The van der Waals surface area contributed by atoms with Gasteiger partial charge in [0.15, 0.2) is 0 Å². The molecule has 19 heavy (non-hydrogen) atoms. The molecule has 0 aliphatic heterocycles. The maximum Gasteiger partial charge on any atom is 0.115 e. The first-order chi connectivity index (χ1) is 9.31. The first-order valence-electron chi connectivity index (χ1n) is 7.63. The Hall–Kier alpha value is -0.930. The summed E-state index contributed by atoms with van der Waals surface area (Å²) in [6, 6.07) is 5.99. The van der Waals surface area contributed by atoms with Crippen LogP contribution in [0.5, 0.6) is 0 Å². The number of rotatable bonds is 5. The van der Waals surface area contributed by atoms with E-state index in [1.54, 1.807) is 0 Å². The van der Waals surface area contributed by atoms with Gasteiger partial charge in [-0.25, -0.2) is 0 Å². The summed E-state index contributed by atoms with van der Waals surface area (Å²) < 4.78 is 6.32. The van der Waals surface area contributed by atoms with Gasteiger partial charge in [-0.05, 0) is 31.4 Å². The van der Waals surface area contributed by atoms with Gasteiger partial charge in [0.2, 0.25) is 0 Å². The normalized spacial score (nSPS) is 20.7. The molecule has 1 aromatic rings. The summed E-state index contributed by atoms with van der Waals surface area (Å²) in [4.78, 5) is 4.43. The van der Waals surface area contributed by atoms with Crippen molar-refractivity contribution < 1.29 is 4.74 Å². The fourth-order valence-electron chi connectivity index (χ4n) is 2.73. The predicted octanol–water partition coefficient (Wildman–Crippen LogP) is 3.60. The minimum atomic E-state index is -0.0608. The van der Waals surface area contributed by atoms with E-state index in [2.05, 4.69) is 11.9 Å². The Morgan fingerprint density at radius 2 is 2.00 bits per heavy atom. The van der Waals surface area contributed by atoms with Gasteiger partial charge in [0.1, 0.15) is 6.10 Å². The molecule has 1 fully saturated rings. The summed E-state index contributed by atoms with van der Waals surface area (Å²) in [5, 5.41) is 0. The lowest BCUT2D eigenvalue weighted by Crippen LogP contribution is -2.33. The molecule has 0 aromatic carbocycles. The number of hydrogen-bond acceptors (Lipinski definition) is 3.